The van der Waals surface area contributed by atoms with E-state index in [0.717, 1.165) is 37.3 Å². The number of ether oxygens (including phenoxy) is 1. The molecule has 2 heterocycles. The van der Waals surface area contributed by atoms with Gasteiger partial charge in [-0.05, 0) is 32.3 Å². The Morgan fingerprint density at radius 1 is 1.42 bits per heavy atom. The van der Waals surface area contributed by atoms with Gasteiger partial charge in [0.05, 0.1) is 25.5 Å². The van der Waals surface area contributed by atoms with E-state index in [2.05, 4.69) is 10.3 Å². The summed E-state index contributed by atoms with van der Waals surface area (Å²) in [4.78, 5) is 18.2. The van der Waals surface area contributed by atoms with Crippen LogP contribution in [0.2, 0.25) is 0 Å². The van der Waals surface area contributed by atoms with Gasteiger partial charge in [-0.1, -0.05) is 0 Å². The lowest BCUT2D eigenvalue weighted by Gasteiger charge is -2.27. The second kappa shape index (κ2) is 6.41. The van der Waals surface area contributed by atoms with E-state index in [1.54, 1.807) is 13.3 Å². The number of anilines is 1. The Hall–Kier alpha value is -1.78. The zero-order chi connectivity index (χ0) is 13.7. The molecule has 0 aliphatic carbocycles. The van der Waals surface area contributed by atoms with Gasteiger partial charge in [0, 0.05) is 18.8 Å². The average molecular weight is 263 g/mol. The fraction of sp³-hybridized carbons (Fsp3) is 0.571. The summed E-state index contributed by atoms with van der Waals surface area (Å²) < 4.78 is 5.23. The van der Waals surface area contributed by atoms with E-state index < -0.39 is 0 Å². The maximum absolute atomic E-state index is 12.1. The lowest BCUT2D eigenvalue weighted by Crippen LogP contribution is -2.39. The fourth-order valence-electron chi connectivity index (χ4n) is 2.27. The maximum Gasteiger partial charge on any atom is 0.241 e. The molecule has 1 N–H and O–H groups in total. The molecule has 2 rings (SSSR count). The number of carbonyl (C=O) groups is 1. The first-order valence-corrected chi connectivity index (χ1v) is 6.73. The maximum atomic E-state index is 12.1. The van der Waals surface area contributed by atoms with E-state index >= 15 is 0 Å². The quantitative estimate of drug-likeness (QED) is 0.900. The second-order valence-electron chi connectivity index (χ2n) is 4.82. The fourth-order valence-corrected chi connectivity index (χ4v) is 2.27. The van der Waals surface area contributed by atoms with Crippen LogP contribution >= 0.6 is 0 Å². The van der Waals surface area contributed by atoms with Crippen LogP contribution in [0.5, 0.6) is 5.75 Å². The number of hydrogen-bond acceptors (Lipinski definition) is 4. The number of rotatable bonds is 4. The molecule has 1 amide bonds. The minimum Gasteiger partial charge on any atom is -0.493 e. The van der Waals surface area contributed by atoms with Crippen molar-refractivity contribution >= 4 is 11.6 Å². The Morgan fingerprint density at radius 3 is 2.84 bits per heavy atom. The van der Waals surface area contributed by atoms with Gasteiger partial charge in [-0.3, -0.25) is 9.78 Å². The highest BCUT2D eigenvalue weighted by atomic mass is 16.5. The summed E-state index contributed by atoms with van der Waals surface area (Å²) in [6.45, 7) is 3.98. The number of hydrogen-bond donors (Lipinski definition) is 1. The Balaban J connectivity index is 1.94. The third kappa shape index (κ3) is 3.59. The van der Waals surface area contributed by atoms with Gasteiger partial charge in [-0.15, -0.1) is 0 Å². The van der Waals surface area contributed by atoms with Gasteiger partial charge in [-0.25, -0.2) is 0 Å². The van der Waals surface area contributed by atoms with Gasteiger partial charge in [0.1, 0.15) is 0 Å². The van der Waals surface area contributed by atoms with Crippen LogP contribution in [0.25, 0.3) is 0 Å². The number of methoxy groups -OCH3 is 1. The van der Waals surface area contributed by atoms with Crippen LogP contribution in [0.1, 0.15) is 25.0 Å². The van der Waals surface area contributed by atoms with E-state index in [1.807, 2.05) is 17.9 Å². The number of amides is 1. The first-order chi connectivity index (χ1) is 9.20. The van der Waals surface area contributed by atoms with Crippen molar-refractivity contribution in [2.75, 3.05) is 32.1 Å². The van der Waals surface area contributed by atoms with Crippen molar-refractivity contribution in [3.05, 3.63) is 18.0 Å². The van der Waals surface area contributed by atoms with Crippen molar-refractivity contribution in [3.8, 4) is 5.75 Å². The number of carbonyl (C=O) groups excluding carboxylic acids is 1. The minimum atomic E-state index is 0.149. The molecule has 0 bridgehead atoms. The van der Waals surface area contributed by atoms with Crippen LogP contribution in [-0.4, -0.2) is 42.5 Å². The number of piperidine rings is 1. The molecule has 5 heteroatoms. The summed E-state index contributed by atoms with van der Waals surface area (Å²) in [6.07, 6.45) is 5.13. The van der Waals surface area contributed by atoms with Gasteiger partial charge < -0.3 is 15.0 Å². The van der Waals surface area contributed by atoms with Crippen LogP contribution in [0, 0.1) is 6.92 Å². The highest BCUT2D eigenvalue weighted by Crippen LogP contribution is 2.23. The molecule has 0 aromatic carbocycles. The third-order valence-electron chi connectivity index (χ3n) is 3.36. The number of nitrogens with zero attached hydrogens (tertiary/aromatic N) is 2. The monoisotopic (exact) mass is 263 g/mol. The minimum absolute atomic E-state index is 0.149. The van der Waals surface area contributed by atoms with Crippen LogP contribution in [0.4, 0.5) is 5.69 Å². The van der Waals surface area contributed by atoms with E-state index in [4.69, 9.17) is 4.74 Å². The average Bonchev–Trinajstić information content (AvgIpc) is 2.46. The molecular formula is C14H21N3O2. The van der Waals surface area contributed by atoms with Crippen molar-refractivity contribution in [1.82, 2.24) is 9.88 Å². The van der Waals surface area contributed by atoms with Gasteiger partial charge in [0.2, 0.25) is 5.91 Å². The summed E-state index contributed by atoms with van der Waals surface area (Å²) in [5, 5.41) is 3.15. The number of pyridine rings is 1. The smallest absolute Gasteiger partial charge is 0.241 e. The molecule has 104 valence electrons. The summed E-state index contributed by atoms with van der Waals surface area (Å²) in [5.41, 5.74) is 1.72. The number of aromatic nitrogens is 1. The van der Waals surface area contributed by atoms with Crippen LogP contribution in [0.3, 0.4) is 0 Å². The molecular weight excluding hydrogens is 242 g/mol. The number of aryl methyl sites for hydroxylation is 1. The zero-order valence-corrected chi connectivity index (χ0v) is 11.6. The lowest BCUT2D eigenvalue weighted by atomic mass is 10.1. The Labute approximate surface area is 114 Å². The molecule has 1 saturated heterocycles. The molecule has 1 aromatic rings. The molecule has 1 fully saturated rings. The van der Waals surface area contributed by atoms with Crippen molar-refractivity contribution in [1.29, 1.82) is 0 Å². The molecule has 1 aromatic heterocycles. The standard InChI is InChI=1S/C14H21N3O2/c1-11-8-12(13(19-2)9-15-11)16-10-14(18)17-6-4-3-5-7-17/h8-9H,3-7,10H2,1-2H3,(H,15,16). The van der Waals surface area contributed by atoms with Crippen molar-refractivity contribution in [2.24, 2.45) is 0 Å². The molecule has 19 heavy (non-hydrogen) atoms. The first-order valence-electron chi connectivity index (χ1n) is 6.73. The Morgan fingerprint density at radius 2 is 2.16 bits per heavy atom. The summed E-state index contributed by atoms with van der Waals surface area (Å²) in [6, 6.07) is 1.89. The van der Waals surface area contributed by atoms with Gasteiger partial charge in [0.15, 0.2) is 5.75 Å². The summed E-state index contributed by atoms with van der Waals surface area (Å²) >= 11 is 0. The van der Waals surface area contributed by atoms with Gasteiger partial charge >= 0.3 is 0 Å². The largest absolute Gasteiger partial charge is 0.493 e. The molecule has 1 aliphatic heterocycles. The van der Waals surface area contributed by atoms with E-state index in [9.17, 15) is 4.79 Å². The Bertz CT molecular complexity index is 442. The number of nitrogens with one attached hydrogen (secondary N) is 1. The van der Waals surface area contributed by atoms with E-state index in [-0.39, 0.29) is 5.91 Å². The highest BCUT2D eigenvalue weighted by Gasteiger charge is 2.16. The molecule has 0 spiro atoms. The van der Waals surface area contributed by atoms with Gasteiger partial charge in [0.25, 0.3) is 0 Å². The molecule has 0 saturated carbocycles. The lowest BCUT2D eigenvalue weighted by molar-refractivity contribution is -0.130. The summed E-state index contributed by atoms with van der Waals surface area (Å²) in [7, 11) is 1.60. The van der Waals surface area contributed by atoms with E-state index in [0.29, 0.717) is 12.3 Å². The normalized spacial score (nSPS) is 15.2. The molecule has 5 nitrogen and oxygen atoms in total. The Kier molecular flexibility index (Phi) is 4.60. The van der Waals surface area contributed by atoms with Crippen LogP contribution < -0.4 is 10.1 Å². The van der Waals surface area contributed by atoms with Crippen LogP contribution in [-0.2, 0) is 4.79 Å². The predicted molar refractivity (Wildman–Crippen MR) is 74.4 cm³/mol. The number of likely N-dealkylation sites (tertiary alicyclic amines) is 1. The zero-order valence-electron chi connectivity index (χ0n) is 11.6. The van der Waals surface area contributed by atoms with Crippen molar-refractivity contribution in [3.63, 3.8) is 0 Å². The van der Waals surface area contributed by atoms with Crippen molar-refractivity contribution < 1.29 is 9.53 Å². The highest BCUT2D eigenvalue weighted by molar-refractivity contribution is 5.81. The molecule has 0 radical (unpaired) electrons. The second-order valence-corrected chi connectivity index (χ2v) is 4.82. The topological polar surface area (TPSA) is 54.5 Å². The van der Waals surface area contributed by atoms with E-state index in [1.165, 1.54) is 6.42 Å². The first kappa shape index (κ1) is 13.6. The molecule has 1 aliphatic rings. The van der Waals surface area contributed by atoms with Gasteiger partial charge in [-0.2, -0.15) is 0 Å². The summed E-state index contributed by atoms with van der Waals surface area (Å²) in [5.74, 6) is 0.813. The SMILES string of the molecule is COc1cnc(C)cc1NCC(=O)N1CCCCC1. The molecule has 0 unspecified atom stereocenters. The third-order valence-corrected chi connectivity index (χ3v) is 3.36. The predicted octanol–water partition coefficient (Wildman–Crippen LogP) is 1.82. The van der Waals surface area contributed by atoms with Crippen molar-refractivity contribution in [2.45, 2.75) is 26.2 Å². The van der Waals surface area contributed by atoms with Crippen LogP contribution in [0.15, 0.2) is 12.3 Å². The molecule has 0 atom stereocenters.